The molecule has 0 aromatic carbocycles. The molecule has 0 aliphatic heterocycles. The van der Waals surface area contributed by atoms with Gasteiger partial charge in [0.25, 0.3) is 0 Å². The van der Waals surface area contributed by atoms with Crippen molar-refractivity contribution in [2.24, 2.45) is 0 Å². The number of hydrogen-bond donors (Lipinski definition) is 1. The molecule has 0 saturated heterocycles. The summed E-state index contributed by atoms with van der Waals surface area (Å²) in [6.07, 6.45) is 1.76. The van der Waals surface area contributed by atoms with Gasteiger partial charge in [0, 0.05) is 17.6 Å². The molecule has 0 atom stereocenters. The third kappa shape index (κ3) is 2.75. The van der Waals surface area contributed by atoms with Crippen LogP contribution in [-0.2, 0) is 0 Å². The van der Waals surface area contributed by atoms with Crippen LogP contribution in [0, 0.1) is 0 Å². The van der Waals surface area contributed by atoms with E-state index in [0.29, 0.717) is 0 Å². The highest BCUT2D eigenvalue weighted by Gasteiger charge is 1.96. The van der Waals surface area contributed by atoms with Crippen molar-refractivity contribution in [2.75, 3.05) is 5.32 Å². The average molecular weight is 174 g/mol. The molecule has 0 aliphatic carbocycles. The van der Waals surface area contributed by atoms with Crippen LogP contribution in [-0.4, -0.2) is 4.98 Å². The zero-order chi connectivity index (χ0) is 9.84. The summed E-state index contributed by atoms with van der Waals surface area (Å²) in [5, 5.41) is 3.12. The largest absolute Gasteiger partial charge is 0.360 e. The lowest BCUT2D eigenvalue weighted by Gasteiger charge is -2.06. The van der Waals surface area contributed by atoms with Gasteiger partial charge >= 0.3 is 0 Å². The number of rotatable bonds is 3. The van der Waals surface area contributed by atoms with Gasteiger partial charge in [-0.15, -0.1) is 0 Å². The van der Waals surface area contributed by atoms with Gasteiger partial charge < -0.3 is 5.32 Å². The number of nitrogens with zero attached hydrogens (tertiary/aromatic N) is 1. The third-order valence-corrected chi connectivity index (χ3v) is 1.55. The topological polar surface area (TPSA) is 24.9 Å². The Kier molecular flexibility index (Phi) is 2.85. The normalized spacial score (nSPS) is 9.38. The van der Waals surface area contributed by atoms with Crippen molar-refractivity contribution in [1.82, 2.24) is 4.98 Å². The second-order valence-corrected chi connectivity index (χ2v) is 3.12. The van der Waals surface area contributed by atoms with Gasteiger partial charge in [-0.1, -0.05) is 13.2 Å². The summed E-state index contributed by atoms with van der Waals surface area (Å²) >= 11 is 0. The summed E-state index contributed by atoms with van der Waals surface area (Å²) in [6, 6.07) is 3.86. The highest BCUT2D eigenvalue weighted by atomic mass is 14.9. The monoisotopic (exact) mass is 174 g/mol. The predicted octanol–water partition coefficient (Wildman–Crippen LogP) is 3.06. The van der Waals surface area contributed by atoms with Gasteiger partial charge in [-0.2, -0.15) is 0 Å². The summed E-state index contributed by atoms with van der Waals surface area (Å²) in [4.78, 5) is 4.18. The molecule has 0 spiro atoms. The average Bonchev–Trinajstić information content (AvgIpc) is 2.03. The zero-order valence-electron chi connectivity index (χ0n) is 8.09. The van der Waals surface area contributed by atoms with Gasteiger partial charge in [-0.05, 0) is 31.6 Å². The first-order chi connectivity index (χ1) is 6.09. The van der Waals surface area contributed by atoms with E-state index in [2.05, 4.69) is 23.5 Å². The van der Waals surface area contributed by atoms with Crippen molar-refractivity contribution < 1.29 is 0 Å². The first-order valence-electron chi connectivity index (χ1n) is 4.14. The predicted molar refractivity (Wildman–Crippen MR) is 57.4 cm³/mol. The summed E-state index contributed by atoms with van der Waals surface area (Å²) in [5.41, 5.74) is 3.79. The van der Waals surface area contributed by atoms with E-state index in [1.54, 1.807) is 6.20 Å². The van der Waals surface area contributed by atoms with Gasteiger partial charge in [-0.3, -0.25) is 4.98 Å². The lowest BCUT2D eigenvalue weighted by atomic mass is 10.2. The highest BCUT2D eigenvalue weighted by Crippen LogP contribution is 2.14. The molecule has 1 aromatic heterocycles. The molecule has 1 N–H and O–H groups in total. The molecular formula is C11H14N2. The molecule has 2 heteroatoms. The van der Waals surface area contributed by atoms with Crippen LogP contribution in [0.4, 0.5) is 5.69 Å². The van der Waals surface area contributed by atoms with Gasteiger partial charge in [0.2, 0.25) is 0 Å². The Bertz CT molecular complexity index is 340. The Labute approximate surface area is 79.0 Å². The molecule has 1 heterocycles. The van der Waals surface area contributed by atoms with Gasteiger partial charge in [0.05, 0.1) is 5.69 Å². The van der Waals surface area contributed by atoms with Crippen molar-refractivity contribution >= 4 is 11.3 Å². The first-order valence-corrected chi connectivity index (χ1v) is 4.14. The molecule has 13 heavy (non-hydrogen) atoms. The summed E-state index contributed by atoms with van der Waals surface area (Å²) in [6.45, 7) is 11.5. The molecule has 0 radical (unpaired) electrons. The van der Waals surface area contributed by atoms with Crippen LogP contribution in [0.2, 0.25) is 0 Å². The van der Waals surface area contributed by atoms with E-state index in [4.69, 9.17) is 0 Å². The van der Waals surface area contributed by atoms with E-state index in [-0.39, 0.29) is 0 Å². The van der Waals surface area contributed by atoms with Crippen LogP contribution >= 0.6 is 0 Å². The maximum Gasteiger partial charge on any atom is 0.0673 e. The molecule has 68 valence electrons. The fourth-order valence-corrected chi connectivity index (χ4v) is 0.988. The van der Waals surface area contributed by atoms with Gasteiger partial charge in [-0.25, -0.2) is 0 Å². The molecule has 0 aliphatic rings. The SMILES string of the molecule is C=C(C)Nc1ccnc(C(=C)C)c1. The van der Waals surface area contributed by atoms with Crippen molar-refractivity contribution in [3.8, 4) is 0 Å². The van der Waals surface area contributed by atoms with Crippen LogP contribution in [0.3, 0.4) is 0 Å². The Morgan fingerprint density at radius 2 is 2.08 bits per heavy atom. The van der Waals surface area contributed by atoms with Crippen molar-refractivity contribution in [2.45, 2.75) is 13.8 Å². The van der Waals surface area contributed by atoms with Crippen LogP contribution in [0.25, 0.3) is 5.57 Å². The second kappa shape index (κ2) is 3.90. The molecule has 1 rings (SSSR count). The van der Waals surface area contributed by atoms with Crippen molar-refractivity contribution in [3.05, 3.63) is 42.9 Å². The Morgan fingerprint density at radius 3 is 2.62 bits per heavy atom. The number of pyridine rings is 1. The summed E-state index contributed by atoms with van der Waals surface area (Å²) < 4.78 is 0. The van der Waals surface area contributed by atoms with Crippen LogP contribution < -0.4 is 5.32 Å². The molecule has 1 aromatic rings. The van der Waals surface area contributed by atoms with E-state index < -0.39 is 0 Å². The van der Waals surface area contributed by atoms with Crippen molar-refractivity contribution in [3.63, 3.8) is 0 Å². The Balaban J connectivity index is 2.91. The Morgan fingerprint density at radius 1 is 1.38 bits per heavy atom. The smallest absolute Gasteiger partial charge is 0.0673 e. The minimum atomic E-state index is 0.909. The summed E-state index contributed by atoms with van der Waals surface area (Å²) in [5.74, 6) is 0. The zero-order valence-corrected chi connectivity index (χ0v) is 8.09. The van der Waals surface area contributed by atoms with E-state index >= 15 is 0 Å². The van der Waals surface area contributed by atoms with Crippen LogP contribution in [0.5, 0.6) is 0 Å². The molecule has 0 fully saturated rings. The number of anilines is 1. The maximum atomic E-state index is 4.18. The molecule has 0 bridgehead atoms. The number of allylic oxidation sites excluding steroid dienone is 2. The van der Waals surface area contributed by atoms with Gasteiger partial charge in [0.1, 0.15) is 0 Å². The molecule has 0 amide bonds. The maximum absolute atomic E-state index is 4.18. The van der Waals surface area contributed by atoms with Gasteiger partial charge in [0.15, 0.2) is 0 Å². The number of hydrogen-bond acceptors (Lipinski definition) is 2. The molecule has 2 nitrogen and oxygen atoms in total. The Hall–Kier alpha value is -1.57. The third-order valence-electron chi connectivity index (χ3n) is 1.55. The minimum Gasteiger partial charge on any atom is -0.360 e. The molecule has 0 unspecified atom stereocenters. The first kappa shape index (κ1) is 9.52. The molecular weight excluding hydrogens is 160 g/mol. The van der Waals surface area contributed by atoms with Crippen LogP contribution in [0.1, 0.15) is 19.5 Å². The summed E-state index contributed by atoms with van der Waals surface area (Å²) in [7, 11) is 0. The molecule has 0 saturated carbocycles. The fourth-order valence-electron chi connectivity index (χ4n) is 0.988. The lowest BCUT2D eigenvalue weighted by Crippen LogP contribution is -1.95. The second-order valence-electron chi connectivity index (χ2n) is 3.12. The minimum absolute atomic E-state index is 0.909. The quantitative estimate of drug-likeness (QED) is 0.761. The lowest BCUT2D eigenvalue weighted by molar-refractivity contribution is 1.26. The van der Waals surface area contributed by atoms with Crippen molar-refractivity contribution in [1.29, 1.82) is 0 Å². The van der Waals surface area contributed by atoms with E-state index in [1.807, 2.05) is 26.0 Å². The van der Waals surface area contributed by atoms with E-state index in [0.717, 1.165) is 22.7 Å². The van der Waals surface area contributed by atoms with E-state index in [1.165, 1.54) is 0 Å². The number of nitrogens with one attached hydrogen (secondary N) is 1. The number of aromatic nitrogens is 1. The fraction of sp³-hybridized carbons (Fsp3) is 0.182. The standard InChI is InChI=1S/C11H14N2/c1-8(2)11-7-10(5-6-12-11)13-9(3)4/h5-7H,1,3H2,2,4H3,(H,12,13). The van der Waals surface area contributed by atoms with E-state index in [9.17, 15) is 0 Å². The van der Waals surface area contributed by atoms with Crippen LogP contribution in [0.15, 0.2) is 37.2 Å². The highest BCUT2D eigenvalue weighted by molar-refractivity contribution is 5.62.